The minimum atomic E-state index is -3.38. The summed E-state index contributed by atoms with van der Waals surface area (Å²) in [4.78, 5) is 10.9. The highest BCUT2D eigenvalue weighted by molar-refractivity contribution is 7.91. The fourth-order valence-corrected chi connectivity index (χ4v) is 3.42. The SMILES string of the molecule is CCCCCCS(=O)(=O)c1ccc(C(=O)O)c(Cl)c1. The molecule has 0 spiro atoms. The maximum absolute atomic E-state index is 12.0. The van der Waals surface area contributed by atoms with Crippen molar-refractivity contribution in [1.82, 2.24) is 0 Å². The van der Waals surface area contributed by atoms with Crippen molar-refractivity contribution in [3.63, 3.8) is 0 Å². The molecule has 0 saturated carbocycles. The Labute approximate surface area is 118 Å². The molecule has 1 aromatic rings. The molecule has 0 fully saturated rings. The van der Waals surface area contributed by atoms with Gasteiger partial charge in [0.1, 0.15) is 0 Å². The average molecular weight is 305 g/mol. The number of hydrogen-bond donors (Lipinski definition) is 1. The fourth-order valence-electron chi connectivity index (χ4n) is 1.70. The first-order valence-electron chi connectivity index (χ1n) is 6.14. The first-order chi connectivity index (χ1) is 8.88. The van der Waals surface area contributed by atoms with Crippen LogP contribution in [-0.2, 0) is 9.84 Å². The van der Waals surface area contributed by atoms with Gasteiger partial charge in [-0.1, -0.05) is 37.8 Å². The number of carbonyl (C=O) groups is 1. The summed E-state index contributed by atoms with van der Waals surface area (Å²) in [5.74, 6) is -1.10. The molecule has 19 heavy (non-hydrogen) atoms. The average Bonchev–Trinajstić information content (AvgIpc) is 2.34. The number of carboxylic acids is 1. The first-order valence-corrected chi connectivity index (χ1v) is 8.17. The zero-order valence-electron chi connectivity index (χ0n) is 10.7. The summed E-state index contributed by atoms with van der Waals surface area (Å²) in [5, 5.41) is 8.77. The van der Waals surface area contributed by atoms with Gasteiger partial charge in [-0.05, 0) is 24.6 Å². The Balaban J connectivity index is 2.84. The first kappa shape index (κ1) is 16.0. The third-order valence-electron chi connectivity index (χ3n) is 2.80. The van der Waals surface area contributed by atoms with Crippen LogP contribution >= 0.6 is 11.6 Å². The van der Waals surface area contributed by atoms with Gasteiger partial charge in [0.05, 0.1) is 21.2 Å². The number of halogens is 1. The second-order valence-electron chi connectivity index (χ2n) is 4.33. The molecule has 1 aromatic carbocycles. The Kier molecular flexibility index (Phi) is 5.82. The summed E-state index contributed by atoms with van der Waals surface area (Å²) >= 11 is 5.77. The molecule has 0 aliphatic heterocycles. The molecule has 4 nitrogen and oxygen atoms in total. The van der Waals surface area contributed by atoms with E-state index in [1.54, 1.807) is 0 Å². The van der Waals surface area contributed by atoms with Gasteiger partial charge in [0.15, 0.2) is 9.84 Å². The fraction of sp³-hybridized carbons (Fsp3) is 0.462. The van der Waals surface area contributed by atoms with E-state index >= 15 is 0 Å². The van der Waals surface area contributed by atoms with Crippen molar-refractivity contribution in [2.24, 2.45) is 0 Å². The molecule has 0 saturated heterocycles. The summed E-state index contributed by atoms with van der Waals surface area (Å²) in [7, 11) is -3.38. The molecule has 0 aliphatic rings. The number of benzene rings is 1. The summed E-state index contributed by atoms with van der Waals surface area (Å²) < 4.78 is 24.0. The third kappa shape index (κ3) is 4.51. The summed E-state index contributed by atoms with van der Waals surface area (Å²) in [6.07, 6.45) is 3.53. The molecule has 0 amide bonds. The van der Waals surface area contributed by atoms with Gasteiger partial charge in [0, 0.05) is 0 Å². The summed E-state index contributed by atoms with van der Waals surface area (Å²) in [6, 6.07) is 3.73. The number of unbranched alkanes of at least 4 members (excludes halogenated alkanes) is 3. The largest absolute Gasteiger partial charge is 0.478 e. The van der Waals surface area contributed by atoms with E-state index in [9.17, 15) is 13.2 Å². The van der Waals surface area contributed by atoms with E-state index < -0.39 is 15.8 Å². The molecule has 0 aliphatic carbocycles. The highest BCUT2D eigenvalue weighted by atomic mass is 35.5. The molecular weight excluding hydrogens is 288 g/mol. The maximum Gasteiger partial charge on any atom is 0.337 e. The van der Waals surface area contributed by atoms with Crippen LogP contribution in [0.1, 0.15) is 43.0 Å². The zero-order chi connectivity index (χ0) is 14.5. The van der Waals surface area contributed by atoms with Crippen LogP contribution in [0.5, 0.6) is 0 Å². The van der Waals surface area contributed by atoms with Crippen molar-refractivity contribution in [1.29, 1.82) is 0 Å². The summed E-state index contributed by atoms with van der Waals surface area (Å²) in [6.45, 7) is 2.05. The quantitative estimate of drug-likeness (QED) is 0.784. The lowest BCUT2D eigenvalue weighted by Gasteiger charge is -2.06. The van der Waals surface area contributed by atoms with Crippen LogP contribution in [-0.4, -0.2) is 25.2 Å². The normalized spacial score (nSPS) is 11.5. The predicted molar refractivity (Wildman–Crippen MR) is 74.6 cm³/mol. The minimum absolute atomic E-state index is 0.0536. The van der Waals surface area contributed by atoms with Crippen molar-refractivity contribution < 1.29 is 18.3 Å². The van der Waals surface area contributed by atoms with Crippen LogP contribution in [0.15, 0.2) is 23.1 Å². The molecule has 0 aromatic heterocycles. The number of rotatable bonds is 7. The highest BCUT2D eigenvalue weighted by Gasteiger charge is 2.17. The van der Waals surface area contributed by atoms with Gasteiger partial charge in [-0.15, -0.1) is 0 Å². The minimum Gasteiger partial charge on any atom is -0.478 e. The molecular formula is C13H17ClO4S. The molecule has 1 N–H and O–H groups in total. The van der Waals surface area contributed by atoms with Crippen LogP contribution in [0.4, 0.5) is 0 Å². The van der Waals surface area contributed by atoms with Crippen molar-refractivity contribution in [3.8, 4) is 0 Å². The van der Waals surface area contributed by atoms with Gasteiger partial charge in [-0.25, -0.2) is 13.2 Å². The number of carboxylic acid groups (broad SMARTS) is 1. The van der Waals surface area contributed by atoms with E-state index in [-0.39, 0.29) is 21.2 Å². The van der Waals surface area contributed by atoms with Crippen molar-refractivity contribution in [2.75, 3.05) is 5.75 Å². The zero-order valence-corrected chi connectivity index (χ0v) is 12.3. The predicted octanol–water partition coefficient (Wildman–Crippen LogP) is 3.39. The second kappa shape index (κ2) is 6.91. The van der Waals surface area contributed by atoms with Gasteiger partial charge in [0.2, 0.25) is 0 Å². The second-order valence-corrected chi connectivity index (χ2v) is 6.84. The number of sulfone groups is 1. The van der Waals surface area contributed by atoms with Crippen LogP contribution in [0.25, 0.3) is 0 Å². The van der Waals surface area contributed by atoms with Crippen LogP contribution in [0, 0.1) is 0 Å². The molecule has 0 bridgehead atoms. The molecule has 1 rings (SSSR count). The smallest absolute Gasteiger partial charge is 0.337 e. The molecule has 0 unspecified atom stereocenters. The van der Waals surface area contributed by atoms with Crippen LogP contribution in [0.2, 0.25) is 5.02 Å². The van der Waals surface area contributed by atoms with Gasteiger partial charge >= 0.3 is 5.97 Å². The standard InChI is InChI=1S/C13H17ClO4S/c1-2-3-4-5-8-19(17,18)10-6-7-11(13(15)16)12(14)9-10/h6-7,9H,2-5,8H2,1H3,(H,15,16). The molecule has 0 radical (unpaired) electrons. The Morgan fingerprint density at radius 1 is 1.26 bits per heavy atom. The monoisotopic (exact) mass is 304 g/mol. The Hall–Kier alpha value is -1.07. The van der Waals surface area contributed by atoms with Gasteiger partial charge in [0.25, 0.3) is 0 Å². The van der Waals surface area contributed by atoms with E-state index in [2.05, 4.69) is 6.92 Å². The number of aromatic carboxylic acids is 1. The lowest BCUT2D eigenvalue weighted by molar-refractivity contribution is 0.0697. The van der Waals surface area contributed by atoms with E-state index in [4.69, 9.17) is 16.7 Å². The molecule has 106 valence electrons. The Morgan fingerprint density at radius 3 is 2.47 bits per heavy atom. The Morgan fingerprint density at radius 2 is 1.95 bits per heavy atom. The topological polar surface area (TPSA) is 71.4 Å². The van der Waals surface area contributed by atoms with Gasteiger partial charge in [-0.3, -0.25) is 0 Å². The van der Waals surface area contributed by atoms with E-state index in [1.807, 2.05) is 0 Å². The third-order valence-corrected chi connectivity index (χ3v) is 4.91. The lowest BCUT2D eigenvalue weighted by Crippen LogP contribution is -2.08. The molecule has 0 heterocycles. The lowest BCUT2D eigenvalue weighted by atomic mass is 10.2. The van der Waals surface area contributed by atoms with E-state index in [0.717, 1.165) is 19.3 Å². The summed E-state index contributed by atoms with van der Waals surface area (Å²) in [5.41, 5.74) is -0.0911. The van der Waals surface area contributed by atoms with Gasteiger partial charge in [-0.2, -0.15) is 0 Å². The maximum atomic E-state index is 12.0. The van der Waals surface area contributed by atoms with Gasteiger partial charge < -0.3 is 5.11 Å². The van der Waals surface area contributed by atoms with E-state index in [1.165, 1.54) is 18.2 Å². The highest BCUT2D eigenvalue weighted by Crippen LogP contribution is 2.22. The molecule has 0 atom stereocenters. The van der Waals surface area contributed by atoms with E-state index in [0.29, 0.717) is 6.42 Å². The Bertz CT molecular complexity index is 552. The van der Waals surface area contributed by atoms with Crippen molar-refractivity contribution in [3.05, 3.63) is 28.8 Å². The van der Waals surface area contributed by atoms with Crippen LogP contribution < -0.4 is 0 Å². The number of hydrogen-bond acceptors (Lipinski definition) is 3. The van der Waals surface area contributed by atoms with Crippen molar-refractivity contribution in [2.45, 2.75) is 37.5 Å². The van der Waals surface area contributed by atoms with Crippen molar-refractivity contribution >= 4 is 27.4 Å². The van der Waals surface area contributed by atoms with Crippen LogP contribution in [0.3, 0.4) is 0 Å². The molecule has 6 heteroatoms.